The number of carbonyl (C=O) groups is 1. The molecule has 3 atom stereocenters. The molecule has 2 aliphatic rings. The third-order valence-electron chi connectivity index (χ3n) is 7.61. The molecule has 0 saturated carbocycles. The van der Waals surface area contributed by atoms with E-state index in [1.807, 2.05) is 6.92 Å². The van der Waals surface area contributed by atoms with Crippen molar-refractivity contribution >= 4 is 16.9 Å². The molecule has 13 heteroatoms. The number of fused-ring (bicyclic) bond motifs is 1. The number of aliphatic hydroxyl groups excluding tert-OH is 1. The first-order valence-electron chi connectivity index (χ1n) is 16.0. The Morgan fingerprint density at radius 3 is 2.17 bits per heavy atom. The molecular formula is C33H47NO12. The van der Waals surface area contributed by atoms with Crippen molar-refractivity contribution in [3.8, 4) is 0 Å². The van der Waals surface area contributed by atoms with Crippen LogP contribution in [0.4, 0.5) is 0 Å². The maximum absolute atomic E-state index is 14.0. The Bertz CT molecular complexity index is 1250. The highest BCUT2D eigenvalue weighted by Crippen LogP contribution is 2.38. The molecule has 1 amide bonds. The Morgan fingerprint density at radius 2 is 1.52 bits per heavy atom. The van der Waals surface area contributed by atoms with Crippen LogP contribution < -0.4 is 5.43 Å². The minimum Gasteiger partial charge on any atom is -0.464 e. The highest BCUT2D eigenvalue weighted by molar-refractivity contribution is 5.92. The molecule has 2 aliphatic heterocycles. The van der Waals surface area contributed by atoms with Crippen LogP contribution in [0.3, 0.4) is 0 Å². The summed E-state index contributed by atoms with van der Waals surface area (Å²) in [6.45, 7) is 7.16. The summed E-state index contributed by atoms with van der Waals surface area (Å²) in [5.41, 5.74) is 0.692. The van der Waals surface area contributed by atoms with E-state index in [-0.39, 0.29) is 36.2 Å². The summed E-state index contributed by atoms with van der Waals surface area (Å²) >= 11 is 0. The second-order valence-corrected chi connectivity index (χ2v) is 10.7. The monoisotopic (exact) mass is 649 g/mol. The molecular weight excluding hydrogens is 602 g/mol. The molecule has 46 heavy (non-hydrogen) atoms. The maximum atomic E-state index is 14.0. The van der Waals surface area contributed by atoms with E-state index in [9.17, 15) is 9.59 Å². The van der Waals surface area contributed by atoms with Gasteiger partial charge in [0, 0.05) is 43.7 Å². The van der Waals surface area contributed by atoms with E-state index >= 15 is 0 Å². The summed E-state index contributed by atoms with van der Waals surface area (Å²) < 4.78 is 51.7. The SMILES string of the molecule is CCO[C@@H]1OC(C(=O)N2CCOCCOCCOCCOCC2)=C[C@H](c2coc3ccccc3c2=O)[C@@H]1CCOCCOCCO. The van der Waals surface area contributed by atoms with Gasteiger partial charge in [-0.1, -0.05) is 12.1 Å². The summed E-state index contributed by atoms with van der Waals surface area (Å²) in [6, 6.07) is 7.06. The molecule has 256 valence electrons. The second-order valence-electron chi connectivity index (χ2n) is 10.7. The number of amides is 1. The number of nitrogens with zero attached hydrogens (tertiary/aromatic N) is 1. The number of para-hydroxylation sites is 1. The fraction of sp³-hybridized carbons (Fsp3) is 0.636. The molecule has 4 rings (SSSR count). The number of ether oxygens (including phenoxy) is 8. The van der Waals surface area contributed by atoms with Gasteiger partial charge < -0.3 is 52.3 Å². The second kappa shape index (κ2) is 20.4. The number of allylic oxidation sites excluding steroid dienone is 1. The Labute approximate surface area is 269 Å². The molecule has 0 radical (unpaired) electrons. The predicted octanol–water partition coefficient (Wildman–Crippen LogP) is 2.09. The van der Waals surface area contributed by atoms with Crippen molar-refractivity contribution in [3.63, 3.8) is 0 Å². The number of aliphatic hydroxyl groups is 1. The van der Waals surface area contributed by atoms with Gasteiger partial charge in [-0.25, -0.2) is 0 Å². The van der Waals surface area contributed by atoms with Gasteiger partial charge >= 0.3 is 0 Å². The van der Waals surface area contributed by atoms with Crippen LogP contribution in [-0.2, 0) is 42.7 Å². The van der Waals surface area contributed by atoms with Crippen LogP contribution in [0.1, 0.15) is 24.8 Å². The normalized spacial score (nSPS) is 22.4. The predicted molar refractivity (Wildman–Crippen MR) is 166 cm³/mol. The van der Waals surface area contributed by atoms with Crippen molar-refractivity contribution in [1.82, 2.24) is 4.90 Å². The minimum absolute atomic E-state index is 0.0553. The summed E-state index contributed by atoms with van der Waals surface area (Å²) in [4.78, 5) is 29.4. The summed E-state index contributed by atoms with van der Waals surface area (Å²) in [5, 5.41) is 9.36. The maximum Gasteiger partial charge on any atom is 0.288 e. The Morgan fingerprint density at radius 1 is 0.891 bits per heavy atom. The highest BCUT2D eigenvalue weighted by Gasteiger charge is 2.40. The van der Waals surface area contributed by atoms with Crippen LogP contribution in [0.25, 0.3) is 11.0 Å². The largest absolute Gasteiger partial charge is 0.464 e. The Hall–Kier alpha value is -2.88. The zero-order chi connectivity index (χ0) is 32.4. The van der Waals surface area contributed by atoms with E-state index in [1.54, 1.807) is 35.2 Å². The molecule has 1 aromatic carbocycles. The Kier molecular flexibility index (Phi) is 15.9. The number of benzene rings is 1. The zero-order valence-corrected chi connectivity index (χ0v) is 26.6. The van der Waals surface area contributed by atoms with Crippen molar-refractivity contribution in [2.24, 2.45) is 5.92 Å². The zero-order valence-electron chi connectivity index (χ0n) is 26.6. The lowest BCUT2D eigenvalue weighted by Crippen LogP contribution is -2.43. The van der Waals surface area contributed by atoms with Gasteiger partial charge in [-0.2, -0.15) is 0 Å². The van der Waals surface area contributed by atoms with Crippen LogP contribution in [0.15, 0.2) is 51.6 Å². The van der Waals surface area contributed by atoms with Crippen molar-refractivity contribution < 1.29 is 52.2 Å². The fourth-order valence-electron chi connectivity index (χ4n) is 5.30. The quantitative estimate of drug-likeness (QED) is 0.336. The average Bonchev–Trinajstić information content (AvgIpc) is 3.08. The van der Waals surface area contributed by atoms with Crippen molar-refractivity contribution in [2.45, 2.75) is 25.6 Å². The van der Waals surface area contributed by atoms with E-state index in [0.29, 0.717) is 115 Å². The minimum atomic E-state index is -0.829. The number of carbonyl (C=O) groups excluding carboxylic acids is 1. The molecule has 0 spiro atoms. The molecule has 3 heterocycles. The van der Waals surface area contributed by atoms with E-state index in [0.717, 1.165) is 0 Å². The molecule has 13 nitrogen and oxygen atoms in total. The number of hydrogen-bond donors (Lipinski definition) is 1. The van der Waals surface area contributed by atoms with Crippen LogP contribution in [0.2, 0.25) is 0 Å². The van der Waals surface area contributed by atoms with Gasteiger partial charge in [0.05, 0.1) is 90.9 Å². The standard InChI is InChI=1S/C33H47NO12/c1-2-44-33-25(7-11-38-15-18-41-14-10-35)27(28-24-45-29-6-4-3-5-26(29)31(28)36)23-30(46-33)32(37)34-8-12-39-16-19-42-21-22-43-20-17-40-13-9-34/h3-6,23-25,27,33,35H,2,7-22H2,1H3/t25-,27-,33+/m0/s1. The molecule has 0 unspecified atom stereocenters. The average molecular weight is 650 g/mol. The van der Waals surface area contributed by atoms with Gasteiger partial charge in [-0.3, -0.25) is 9.59 Å². The highest BCUT2D eigenvalue weighted by atomic mass is 16.7. The van der Waals surface area contributed by atoms with E-state index < -0.39 is 12.2 Å². The van der Waals surface area contributed by atoms with Gasteiger partial charge in [-0.15, -0.1) is 0 Å². The summed E-state index contributed by atoms with van der Waals surface area (Å²) in [7, 11) is 0. The molecule has 1 saturated heterocycles. The Balaban J connectivity index is 1.59. The van der Waals surface area contributed by atoms with Gasteiger partial charge in [0.25, 0.3) is 5.91 Å². The molecule has 0 bridgehead atoms. The van der Waals surface area contributed by atoms with Gasteiger partial charge in [0.15, 0.2) is 11.2 Å². The van der Waals surface area contributed by atoms with Gasteiger partial charge in [0.2, 0.25) is 6.29 Å². The van der Waals surface area contributed by atoms with E-state index in [2.05, 4.69) is 0 Å². The number of rotatable bonds is 12. The van der Waals surface area contributed by atoms with E-state index in [4.69, 9.17) is 47.4 Å². The first-order chi connectivity index (χ1) is 22.6. The summed E-state index contributed by atoms with van der Waals surface area (Å²) in [6.07, 6.45) is 2.81. The first kappa shape index (κ1) is 36.0. The lowest BCUT2D eigenvalue weighted by atomic mass is 9.81. The van der Waals surface area contributed by atoms with Crippen LogP contribution in [0.5, 0.6) is 0 Å². The molecule has 0 aliphatic carbocycles. The number of hydrogen-bond acceptors (Lipinski definition) is 12. The topological polar surface area (TPSA) is 145 Å². The van der Waals surface area contributed by atoms with Crippen molar-refractivity contribution in [2.75, 3.05) is 106 Å². The van der Waals surface area contributed by atoms with E-state index in [1.165, 1.54) is 6.26 Å². The van der Waals surface area contributed by atoms with Crippen LogP contribution in [-0.4, -0.2) is 128 Å². The van der Waals surface area contributed by atoms with Crippen LogP contribution >= 0.6 is 0 Å². The lowest BCUT2D eigenvalue weighted by molar-refractivity contribution is -0.172. The molecule has 1 aromatic heterocycles. The molecule has 1 N–H and O–H groups in total. The van der Waals surface area contributed by atoms with Gasteiger partial charge in [0.1, 0.15) is 5.58 Å². The fourth-order valence-corrected chi connectivity index (χ4v) is 5.30. The third-order valence-corrected chi connectivity index (χ3v) is 7.61. The molecule has 1 fully saturated rings. The summed E-state index contributed by atoms with van der Waals surface area (Å²) in [5.74, 6) is -1.21. The third kappa shape index (κ3) is 10.8. The van der Waals surface area contributed by atoms with Gasteiger partial charge in [-0.05, 0) is 31.6 Å². The smallest absolute Gasteiger partial charge is 0.288 e. The first-order valence-corrected chi connectivity index (χ1v) is 16.0. The van der Waals surface area contributed by atoms with Crippen molar-refractivity contribution in [3.05, 3.63) is 58.2 Å². The lowest BCUT2D eigenvalue weighted by Gasteiger charge is -2.37. The van der Waals surface area contributed by atoms with Crippen molar-refractivity contribution in [1.29, 1.82) is 0 Å². The van der Waals surface area contributed by atoms with Crippen LogP contribution in [0, 0.1) is 5.92 Å². The molecule has 2 aromatic rings.